The first-order valence-corrected chi connectivity index (χ1v) is 7.73. The summed E-state index contributed by atoms with van der Waals surface area (Å²) in [7, 11) is 2.00. The van der Waals surface area contributed by atoms with E-state index in [0.29, 0.717) is 6.04 Å². The van der Waals surface area contributed by atoms with Crippen molar-refractivity contribution in [3.8, 4) is 0 Å². The Balaban J connectivity index is 2.20. The van der Waals surface area contributed by atoms with Gasteiger partial charge >= 0.3 is 0 Å². The fourth-order valence-electron chi connectivity index (χ4n) is 2.29. The molecular weight excluding hydrogens is 234 g/mol. The van der Waals surface area contributed by atoms with Gasteiger partial charge < -0.3 is 5.32 Å². The molecule has 0 aliphatic heterocycles. The number of aromatic nitrogens is 2. The third-order valence-corrected chi connectivity index (χ3v) is 3.56. The smallest absolute Gasteiger partial charge is 0.145 e. The van der Waals surface area contributed by atoms with Gasteiger partial charge in [-0.3, -0.25) is 0 Å². The summed E-state index contributed by atoms with van der Waals surface area (Å²) in [5.74, 6) is 0.930. The first-order chi connectivity index (χ1) is 9.27. The lowest BCUT2D eigenvalue weighted by Crippen LogP contribution is -2.19. The van der Waals surface area contributed by atoms with Crippen molar-refractivity contribution >= 4 is 0 Å². The molecule has 0 saturated carbocycles. The van der Waals surface area contributed by atoms with Crippen molar-refractivity contribution in [3.63, 3.8) is 0 Å². The topological polar surface area (TPSA) is 37.8 Å². The lowest BCUT2D eigenvalue weighted by atomic mass is 10.0. The molecule has 0 saturated heterocycles. The number of aryl methyl sites for hydroxylation is 1. The highest BCUT2D eigenvalue weighted by Crippen LogP contribution is 2.17. The summed E-state index contributed by atoms with van der Waals surface area (Å²) in [4.78, 5) is 8.83. The SMILES string of the molecule is CCCCCCCCCC(NC)c1ncc(C)cn1. The number of nitrogens with one attached hydrogen (secondary N) is 1. The molecule has 0 aromatic carbocycles. The Hall–Kier alpha value is -0.960. The van der Waals surface area contributed by atoms with Crippen molar-refractivity contribution in [2.75, 3.05) is 7.05 Å². The van der Waals surface area contributed by atoms with Crippen LogP contribution < -0.4 is 5.32 Å². The van der Waals surface area contributed by atoms with Crippen LogP contribution in [0.2, 0.25) is 0 Å². The number of unbranched alkanes of at least 4 members (excludes halogenated alkanes) is 6. The second kappa shape index (κ2) is 9.90. The predicted molar refractivity (Wildman–Crippen MR) is 81.2 cm³/mol. The molecule has 1 rings (SSSR count). The molecule has 108 valence electrons. The van der Waals surface area contributed by atoms with Crippen LogP contribution in [0.4, 0.5) is 0 Å². The molecule has 0 fully saturated rings. The zero-order valence-electron chi connectivity index (χ0n) is 12.8. The fourth-order valence-corrected chi connectivity index (χ4v) is 2.29. The van der Waals surface area contributed by atoms with E-state index in [4.69, 9.17) is 0 Å². The van der Waals surface area contributed by atoms with Gasteiger partial charge in [0.15, 0.2) is 0 Å². The van der Waals surface area contributed by atoms with Crippen molar-refractivity contribution in [3.05, 3.63) is 23.8 Å². The molecule has 0 aliphatic rings. The van der Waals surface area contributed by atoms with Crippen molar-refractivity contribution < 1.29 is 0 Å². The molecule has 1 atom stereocenters. The number of rotatable bonds is 10. The van der Waals surface area contributed by atoms with Crippen LogP contribution in [0.3, 0.4) is 0 Å². The van der Waals surface area contributed by atoms with E-state index >= 15 is 0 Å². The van der Waals surface area contributed by atoms with Crippen LogP contribution in [0.15, 0.2) is 12.4 Å². The number of hydrogen-bond acceptors (Lipinski definition) is 3. The minimum absolute atomic E-state index is 0.302. The van der Waals surface area contributed by atoms with Crippen molar-refractivity contribution in [1.82, 2.24) is 15.3 Å². The molecule has 1 unspecified atom stereocenters. The Morgan fingerprint density at radius 2 is 1.58 bits per heavy atom. The van der Waals surface area contributed by atoms with Gasteiger partial charge in [-0.05, 0) is 26.0 Å². The van der Waals surface area contributed by atoms with E-state index in [1.807, 2.05) is 26.4 Å². The Morgan fingerprint density at radius 3 is 2.16 bits per heavy atom. The summed E-state index contributed by atoms with van der Waals surface area (Å²) in [6, 6.07) is 0.302. The summed E-state index contributed by atoms with van der Waals surface area (Å²) >= 11 is 0. The normalized spacial score (nSPS) is 12.6. The van der Waals surface area contributed by atoms with E-state index in [1.165, 1.54) is 44.9 Å². The Morgan fingerprint density at radius 1 is 1.00 bits per heavy atom. The third kappa shape index (κ3) is 6.67. The minimum atomic E-state index is 0.302. The highest BCUT2D eigenvalue weighted by Gasteiger charge is 2.11. The molecule has 0 radical (unpaired) electrons. The third-order valence-electron chi connectivity index (χ3n) is 3.56. The zero-order chi connectivity index (χ0) is 13.9. The molecule has 1 aromatic rings. The summed E-state index contributed by atoms with van der Waals surface area (Å²) in [6.45, 7) is 4.29. The van der Waals surface area contributed by atoms with Crippen LogP contribution in [0.5, 0.6) is 0 Å². The van der Waals surface area contributed by atoms with Gasteiger partial charge in [-0.2, -0.15) is 0 Å². The van der Waals surface area contributed by atoms with Crippen LogP contribution in [-0.4, -0.2) is 17.0 Å². The molecular formula is C16H29N3. The predicted octanol–water partition coefficient (Wildman–Crippen LogP) is 4.19. The largest absolute Gasteiger partial charge is 0.310 e. The lowest BCUT2D eigenvalue weighted by Gasteiger charge is -2.14. The average Bonchev–Trinajstić information content (AvgIpc) is 2.43. The van der Waals surface area contributed by atoms with Crippen LogP contribution in [0.25, 0.3) is 0 Å². The standard InChI is InChI=1S/C16H29N3/c1-4-5-6-7-8-9-10-11-15(17-3)16-18-12-14(2)13-19-16/h12-13,15,17H,4-11H2,1-3H3. The van der Waals surface area contributed by atoms with Crippen molar-refractivity contribution in [2.45, 2.75) is 71.3 Å². The van der Waals surface area contributed by atoms with E-state index in [9.17, 15) is 0 Å². The van der Waals surface area contributed by atoms with Gasteiger partial charge in [0.05, 0.1) is 6.04 Å². The number of nitrogens with zero attached hydrogens (tertiary/aromatic N) is 2. The molecule has 1 heterocycles. The number of hydrogen-bond donors (Lipinski definition) is 1. The molecule has 0 bridgehead atoms. The molecule has 0 spiro atoms. The van der Waals surface area contributed by atoms with Gasteiger partial charge in [0, 0.05) is 12.4 Å². The molecule has 1 N–H and O–H groups in total. The minimum Gasteiger partial charge on any atom is -0.310 e. The summed E-state index contributed by atoms with van der Waals surface area (Å²) in [6.07, 6.45) is 14.4. The fraction of sp³-hybridized carbons (Fsp3) is 0.750. The lowest BCUT2D eigenvalue weighted by molar-refractivity contribution is 0.477. The van der Waals surface area contributed by atoms with Crippen LogP contribution in [0, 0.1) is 6.92 Å². The quantitative estimate of drug-likeness (QED) is 0.643. The average molecular weight is 263 g/mol. The molecule has 1 aromatic heterocycles. The Labute approximate surface area is 118 Å². The Bertz CT molecular complexity index is 321. The second-order valence-corrected chi connectivity index (χ2v) is 5.37. The highest BCUT2D eigenvalue weighted by atomic mass is 15.0. The molecule has 0 amide bonds. The molecule has 3 heteroatoms. The summed E-state index contributed by atoms with van der Waals surface area (Å²) in [5, 5.41) is 3.32. The van der Waals surface area contributed by atoms with Gasteiger partial charge in [-0.15, -0.1) is 0 Å². The van der Waals surface area contributed by atoms with E-state index in [0.717, 1.165) is 17.8 Å². The van der Waals surface area contributed by atoms with E-state index in [1.54, 1.807) is 0 Å². The van der Waals surface area contributed by atoms with Gasteiger partial charge in [0.2, 0.25) is 0 Å². The molecule has 3 nitrogen and oxygen atoms in total. The molecule has 19 heavy (non-hydrogen) atoms. The van der Waals surface area contributed by atoms with E-state index in [2.05, 4.69) is 22.2 Å². The first kappa shape index (κ1) is 16.1. The van der Waals surface area contributed by atoms with Crippen LogP contribution >= 0.6 is 0 Å². The van der Waals surface area contributed by atoms with Crippen molar-refractivity contribution in [1.29, 1.82) is 0 Å². The van der Waals surface area contributed by atoms with Crippen LogP contribution in [-0.2, 0) is 0 Å². The Kier molecular flexibility index (Phi) is 8.39. The van der Waals surface area contributed by atoms with Gasteiger partial charge in [0.1, 0.15) is 5.82 Å². The molecule has 0 aliphatic carbocycles. The monoisotopic (exact) mass is 263 g/mol. The van der Waals surface area contributed by atoms with Crippen molar-refractivity contribution in [2.24, 2.45) is 0 Å². The highest BCUT2D eigenvalue weighted by molar-refractivity contribution is 5.04. The van der Waals surface area contributed by atoms with Gasteiger partial charge in [0.25, 0.3) is 0 Å². The maximum Gasteiger partial charge on any atom is 0.145 e. The zero-order valence-corrected chi connectivity index (χ0v) is 12.8. The van der Waals surface area contributed by atoms with Crippen LogP contribution in [0.1, 0.15) is 75.7 Å². The van der Waals surface area contributed by atoms with E-state index in [-0.39, 0.29) is 0 Å². The maximum absolute atomic E-state index is 4.42. The summed E-state index contributed by atoms with van der Waals surface area (Å²) in [5.41, 5.74) is 1.12. The van der Waals surface area contributed by atoms with Gasteiger partial charge in [-0.25, -0.2) is 9.97 Å². The van der Waals surface area contributed by atoms with Gasteiger partial charge in [-0.1, -0.05) is 51.9 Å². The first-order valence-electron chi connectivity index (χ1n) is 7.73. The van der Waals surface area contributed by atoms with E-state index < -0.39 is 0 Å². The summed E-state index contributed by atoms with van der Waals surface area (Å²) < 4.78 is 0. The maximum atomic E-state index is 4.42. The second-order valence-electron chi connectivity index (χ2n) is 5.37.